The van der Waals surface area contributed by atoms with Gasteiger partial charge in [0.1, 0.15) is 11.6 Å². The first-order chi connectivity index (χ1) is 16.7. The molecule has 3 N–H and O–H groups in total. The van der Waals surface area contributed by atoms with Gasteiger partial charge in [-0.3, -0.25) is 14.5 Å². The van der Waals surface area contributed by atoms with E-state index >= 15 is 0 Å². The largest absolute Gasteiger partial charge is 0.383 e. The number of hydrogen-bond donors (Lipinski definition) is 2. The minimum atomic E-state index is -0.0704. The first kappa shape index (κ1) is 22.5. The van der Waals surface area contributed by atoms with Crippen molar-refractivity contribution >= 4 is 34.0 Å². The molecule has 0 aromatic carbocycles. The molecule has 1 saturated carbocycles. The van der Waals surface area contributed by atoms with E-state index in [0.717, 1.165) is 45.3 Å². The number of carbonyl (C=O) groups is 1. The maximum Gasteiger partial charge on any atom is 0.229 e. The number of nitrogens with one attached hydrogen (secondary N) is 1. The highest BCUT2D eigenvalue weighted by Gasteiger charge is 2.44. The number of aromatic nitrogens is 5. The number of nitrogens with zero attached hydrogens (tertiary/aromatic N) is 6. The molecule has 4 aromatic heterocycles. The van der Waals surface area contributed by atoms with Crippen LogP contribution in [0.25, 0.3) is 27.7 Å². The Bertz CT molecular complexity index is 1470. The van der Waals surface area contributed by atoms with Crippen LogP contribution in [0.15, 0.2) is 49.6 Å². The molecule has 0 saturated heterocycles. The third-order valence-electron chi connectivity index (χ3n) is 6.50. The number of nitrogens with two attached hydrogens (primary N) is 1. The number of carbonyl (C=O) groups excluding carboxylic acids is 1. The Morgan fingerprint density at radius 3 is 2.69 bits per heavy atom. The van der Waals surface area contributed by atoms with Gasteiger partial charge >= 0.3 is 0 Å². The van der Waals surface area contributed by atoms with E-state index < -0.39 is 0 Å². The van der Waals surface area contributed by atoms with E-state index in [2.05, 4.69) is 31.9 Å². The minimum Gasteiger partial charge on any atom is -0.383 e. The Morgan fingerprint density at radius 2 is 2.00 bits per heavy atom. The second-order valence-corrected chi connectivity index (χ2v) is 9.29. The molecule has 9 heteroatoms. The van der Waals surface area contributed by atoms with E-state index in [4.69, 9.17) is 5.73 Å². The maximum absolute atomic E-state index is 12.8. The Hall–Kier alpha value is -4.27. The topological polar surface area (TPSA) is 115 Å². The lowest BCUT2D eigenvalue weighted by atomic mass is 10.0. The molecule has 1 fully saturated rings. The van der Waals surface area contributed by atoms with Gasteiger partial charge in [-0.1, -0.05) is 6.58 Å². The standard InChI is InChI=1S/C26H28N8O/c1-14-6-22(15(2)33(3)4)28-11-20(14)23-7-16-8-24(29-12-21(16)25(27)31-23)32-26(35)19-9-18(19)17-10-30-34(5)13-17/h6-8,10-13,18-19H,2,9H2,1,3-5H3,(H2,27,31)(H,29,32,35)/t18-,19+/m1/s1. The van der Waals surface area contributed by atoms with Crippen LogP contribution in [0.4, 0.5) is 11.6 Å². The van der Waals surface area contributed by atoms with Crippen LogP contribution in [0.1, 0.15) is 29.2 Å². The lowest BCUT2D eigenvalue weighted by Crippen LogP contribution is -2.15. The molecular formula is C26H28N8O. The van der Waals surface area contributed by atoms with Crippen molar-refractivity contribution in [3.63, 3.8) is 0 Å². The lowest BCUT2D eigenvalue weighted by Gasteiger charge is -2.16. The smallest absolute Gasteiger partial charge is 0.229 e. The summed E-state index contributed by atoms with van der Waals surface area (Å²) in [7, 11) is 5.75. The predicted molar refractivity (Wildman–Crippen MR) is 137 cm³/mol. The van der Waals surface area contributed by atoms with Crippen LogP contribution < -0.4 is 11.1 Å². The zero-order chi connectivity index (χ0) is 24.9. The highest BCUT2D eigenvalue weighted by molar-refractivity contribution is 5.98. The van der Waals surface area contributed by atoms with E-state index in [9.17, 15) is 4.79 Å². The molecule has 35 heavy (non-hydrogen) atoms. The van der Waals surface area contributed by atoms with Gasteiger partial charge in [0.25, 0.3) is 0 Å². The van der Waals surface area contributed by atoms with Crippen molar-refractivity contribution in [3.8, 4) is 11.3 Å². The van der Waals surface area contributed by atoms with Crippen LogP contribution in [0, 0.1) is 12.8 Å². The molecule has 5 rings (SSSR count). The first-order valence-corrected chi connectivity index (χ1v) is 11.4. The molecule has 9 nitrogen and oxygen atoms in total. The summed E-state index contributed by atoms with van der Waals surface area (Å²) in [4.78, 5) is 28.3. The van der Waals surface area contributed by atoms with Gasteiger partial charge < -0.3 is 16.0 Å². The van der Waals surface area contributed by atoms with Crippen molar-refractivity contribution in [1.82, 2.24) is 29.6 Å². The van der Waals surface area contributed by atoms with Crippen LogP contribution in [-0.2, 0) is 11.8 Å². The molecule has 0 spiro atoms. The van der Waals surface area contributed by atoms with Crippen molar-refractivity contribution in [2.45, 2.75) is 19.3 Å². The van der Waals surface area contributed by atoms with E-state index in [-0.39, 0.29) is 17.7 Å². The molecule has 2 atom stereocenters. The molecule has 1 amide bonds. The molecule has 4 heterocycles. The summed E-state index contributed by atoms with van der Waals surface area (Å²) in [5.74, 6) is 0.965. The van der Waals surface area contributed by atoms with Crippen LogP contribution in [-0.4, -0.2) is 49.6 Å². The van der Waals surface area contributed by atoms with E-state index in [0.29, 0.717) is 17.3 Å². The van der Waals surface area contributed by atoms with Crippen molar-refractivity contribution in [2.75, 3.05) is 25.1 Å². The zero-order valence-electron chi connectivity index (χ0n) is 20.3. The molecule has 1 aliphatic rings. The molecule has 0 unspecified atom stereocenters. The van der Waals surface area contributed by atoms with Crippen LogP contribution in [0.5, 0.6) is 0 Å². The Labute approximate surface area is 203 Å². The summed E-state index contributed by atoms with van der Waals surface area (Å²) in [5.41, 5.74) is 11.6. The van der Waals surface area contributed by atoms with Crippen molar-refractivity contribution in [2.24, 2.45) is 13.0 Å². The molecule has 0 bridgehead atoms. The number of pyridine rings is 3. The first-order valence-electron chi connectivity index (χ1n) is 11.4. The average molecular weight is 469 g/mol. The van der Waals surface area contributed by atoms with Gasteiger partial charge in [0.2, 0.25) is 5.91 Å². The Morgan fingerprint density at radius 1 is 1.20 bits per heavy atom. The van der Waals surface area contributed by atoms with Crippen molar-refractivity contribution < 1.29 is 4.79 Å². The SMILES string of the molecule is C=C(c1cc(C)c(-c2cc3cc(NC(=O)[C@H]4C[C@@H]4c4cnn(C)c4)ncc3c(N)n2)cn1)N(C)C. The molecule has 4 aromatic rings. The monoisotopic (exact) mass is 468 g/mol. The van der Waals surface area contributed by atoms with Gasteiger partial charge in [-0.15, -0.1) is 0 Å². The second kappa shape index (κ2) is 8.50. The fourth-order valence-electron chi connectivity index (χ4n) is 4.30. The lowest BCUT2D eigenvalue weighted by molar-refractivity contribution is -0.117. The van der Waals surface area contributed by atoms with Crippen LogP contribution in [0.2, 0.25) is 0 Å². The zero-order valence-corrected chi connectivity index (χ0v) is 20.3. The summed E-state index contributed by atoms with van der Waals surface area (Å²) in [6.45, 7) is 6.09. The summed E-state index contributed by atoms with van der Waals surface area (Å²) < 4.78 is 1.76. The van der Waals surface area contributed by atoms with Crippen LogP contribution in [0.3, 0.4) is 0 Å². The average Bonchev–Trinajstić information content (AvgIpc) is 3.51. The summed E-state index contributed by atoms with van der Waals surface area (Å²) in [5, 5.41) is 8.74. The maximum atomic E-state index is 12.8. The van der Waals surface area contributed by atoms with E-state index in [1.54, 1.807) is 17.1 Å². The molecule has 178 valence electrons. The quantitative estimate of drug-likeness (QED) is 0.444. The summed E-state index contributed by atoms with van der Waals surface area (Å²) >= 11 is 0. The number of rotatable bonds is 6. The molecule has 1 aliphatic carbocycles. The molecular weight excluding hydrogens is 440 g/mol. The van der Waals surface area contributed by atoms with Crippen molar-refractivity contribution in [3.05, 3.63) is 66.4 Å². The normalized spacial score (nSPS) is 16.8. The molecule has 0 radical (unpaired) electrons. The summed E-state index contributed by atoms with van der Waals surface area (Å²) in [6.07, 6.45) is 8.04. The second-order valence-electron chi connectivity index (χ2n) is 9.29. The van der Waals surface area contributed by atoms with Gasteiger partial charge in [0, 0.05) is 56.6 Å². The molecule has 0 aliphatic heterocycles. The van der Waals surface area contributed by atoms with Gasteiger partial charge in [-0.05, 0) is 54.0 Å². The third-order valence-corrected chi connectivity index (χ3v) is 6.50. The minimum absolute atomic E-state index is 0.0373. The highest BCUT2D eigenvalue weighted by atomic mass is 16.2. The fraction of sp³-hybridized carbons (Fsp3) is 0.269. The Balaban J connectivity index is 1.40. The number of aryl methyl sites for hydroxylation is 2. The number of amides is 1. The summed E-state index contributed by atoms with van der Waals surface area (Å²) in [6, 6.07) is 5.77. The van der Waals surface area contributed by atoms with E-state index in [1.165, 1.54) is 0 Å². The highest BCUT2D eigenvalue weighted by Crippen LogP contribution is 2.47. The number of nitrogen functional groups attached to an aromatic ring is 1. The Kier molecular flexibility index (Phi) is 5.47. The number of hydrogen-bond acceptors (Lipinski definition) is 7. The fourth-order valence-corrected chi connectivity index (χ4v) is 4.30. The number of anilines is 2. The van der Waals surface area contributed by atoms with Gasteiger partial charge in [-0.2, -0.15) is 5.10 Å². The van der Waals surface area contributed by atoms with Gasteiger partial charge in [-0.25, -0.2) is 9.97 Å². The van der Waals surface area contributed by atoms with E-state index in [1.807, 2.05) is 63.6 Å². The van der Waals surface area contributed by atoms with Crippen LogP contribution >= 0.6 is 0 Å². The van der Waals surface area contributed by atoms with Crippen molar-refractivity contribution in [1.29, 1.82) is 0 Å². The number of fused-ring (bicyclic) bond motifs is 1. The third kappa shape index (κ3) is 4.32. The van der Waals surface area contributed by atoms with Gasteiger partial charge in [0.05, 0.1) is 23.3 Å². The van der Waals surface area contributed by atoms with Gasteiger partial charge in [0.15, 0.2) is 0 Å². The predicted octanol–water partition coefficient (Wildman–Crippen LogP) is 3.59.